The highest BCUT2D eigenvalue weighted by atomic mass is 15.2. The molecule has 0 atom stereocenters. The van der Waals surface area contributed by atoms with E-state index in [1.807, 2.05) is 43.3 Å². The van der Waals surface area contributed by atoms with Crippen LogP contribution in [0.5, 0.6) is 0 Å². The van der Waals surface area contributed by atoms with Crippen molar-refractivity contribution in [3.05, 3.63) is 65.1 Å². The number of anilines is 1. The Labute approximate surface area is 142 Å². The van der Waals surface area contributed by atoms with Crippen LogP contribution in [0, 0.1) is 30.1 Å². The third-order valence-corrected chi connectivity index (χ3v) is 3.94. The standard InChI is InChI=1S/C20H18N4/c1-16-5-2-7-18(22-16)8-3-6-17-11-13-24(14-12-17)20-10-4-9-19(15-21)23-20/h2,4-7,9-10H,11-14H2,1H3. The molecule has 0 N–H and O–H groups in total. The van der Waals surface area contributed by atoms with E-state index in [4.69, 9.17) is 5.26 Å². The second-order valence-electron chi connectivity index (χ2n) is 5.72. The predicted octanol–water partition coefficient (Wildman–Crippen LogP) is 3.24. The molecule has 3 rings (SSSR count). The molecule has 118 valence electrons. The van der Waals surface area contributed by atoms with E-state index in [1.54, 1.807) is 6.07 Å². The molecule has 0 unspecified atom stereocenters. The predicted molar refractivity (Wildman–Crippen MR) is 94.3 cm³/mol. The average molecular weight is 314 g/mol. The first-order chi connectivity index (χ1) is 11.7. The van der Waals surface area contributed by atoms with Gasteiger partial charge in [-0.1, -0.05) is 23.6 Å². The van der Waals surface area contributed by atoms with Gasteiger partial charge in [0.1, 0.15) is 23.3 Å². The molecule has 2 aromatic heterocycles. The fourth-order valence-electron chi connectivity index (χ4n) is 2.65. The number of rotatable bonds is 1. The van der Waals surface area contributed by atoms with E-state index in [0.717, 1.165) is 43.1 Å². The summed E-state index contributed by atoms with van der Waals surface area (Å²) in [6, 6.07) is 13.5. The lowest BCUT2D eigenvalue weighted by Crippen LogP contribution is -2.31. The van der Waals surface area contributed by atoms with Crippen LogP contribution in [0.1, 0.15) is 29.9 Å². The molecule has 1 aliphatic rings. The van der Waals surface area contributed by atoms with Gasteiger partial charge in [-0.25, -0.2) is 9.97 Å². The van der Waals surface area contributed by atoms with Crippen molar-refractivity contribution >= 4 is 5.82 Å². The number of nitriles is 1. The Kier molecular flexibility index (Phi) is 4.89. The fraction of sp³-hybridized carbons (Fsp3) is 0.250. The van der Waals surface area contributed by atoms with Crippen LogP contribution in [0.2, 0.25) is 0 Å². The molecule has 0 saturated carbocycles. The van der Waals surface area contributed by atoms with Crippen LogP contribution in [-0.4, -0.2) is 23.1 Å². The number of allylic oxidation sites excluding steroid dienone is 1. The zero-order chi connectivity index (χ0) is 16.8. The molecule has 4 heteroatoms. The third-order valence-electron chi connectivity index (χ3n) is 3.94. The Bertz CT molecular complexity index is 855. The van der Waals surface area contributed by atoms with E-state index in [9.17, 15) is 0 Å². The van der Waals surface area contributed by atoms with Crippen LogP contribution >= 0.6 is 0 Å². The minimum Gasteiger partial charge on any atom is -0.356 e. The number of aryl methyl sites for hydroxylation is 1. The van der Waals surface area contributed by atoms with Gasteiger partial charge in [0.05, 0.1) is 0 Å². The van der Waals surface area contributed by atoms with E-state index >= 15 is 0 Å². The first-order valence-electron chi connectivity index (χ1n) is 8.00. The molecular weight excluding hydrogens is 296 g/mol. The number of aromatic nitrogens is 2. The Morgan fingerprint density at radius 3 is 2.54 bits per heavy atom. The van der Waals surface area contributed by atoms with E-state index in [0.29, 0.717) is 5.69 Å². The van der Waals surface area contributed by atoms with Crippen LogP contribution < -0.4 is 4.90 Å². The highest BCUT2D eigenvalue weighted by molar-refractivity contribution is 5.43. The maximum atomic E-state index is 8.95. The molecular formula is C20H18N4. The Morgan fingerprint density at radius 1 is 1.04 bits per heavy atom. The van der Waals surface area contributed by atoms with Crippen molar-refractivity contribution < 1.29 is 0 Å². The summed E-state index contributed by atoms with van der Waals surface area (Å²) < 4.78 is 0. The summed E-state index contributed by atoms with van der Waals surface area (Å²) in [4.78, 5) is 11.0. The number of hydrogen-bond donors (Lipinski definition) is 0. The molecule has 3 heterocycles. The van der Waals surface area contributed by atoms with Crippen molar-refractivity contribution in [3.63, 3.8) is 0 Å². The SMILES string of the molecule is Cc1cccc(C#CC=C2CCN(c3cccc(C#N)n3)CC2)n1. The molecule has 1 fully saturated rings. The smallest absolute Gasteiger partial charge is 0.142 e. The molecule has 0 bridgehead atoms. The number of pyridine rings is 2. The van der Waals surface area contributed by atoms with Gasteiger partial charge in [-0.05, 0) is 56.0 Å². The van der Waals surface area contributed by atoms with E-state index in [1.165, 1.54) is 5.57 Å². The lowest BCUT2D eigenvalue weighted by molar-refractivity contribution is 0.677. The first kappa shape index (κ1) is 15.8. The topological polar surface area (TPSA) is 52.8 Å². The summed E-state index contributed by atoms with van der Waals surface area (Å²) >= 11 is 0. The Morgan fingerprint density at radius 2 is 1.79 bits per heavy atom. The minimum absolute atomic E-state index is 0.463. The summed E-state index contributed by atoms with van der Waals surface area (Å²) in [7, 11) is 0. The third kappa shape index (κ3) is 4.00. The molecule has 2 aromatic rings. The van der Waals surface area contributed by atoms with Crippen LogP contribution in [0.4, 0.5) is 5.82 Å². The molecule has 1 aliphatic heterocycles. The second kappa shape index (κ2) is 7.44. The number of hydrogen-bond acceptors (Lipinski definition) is 4. The molecule has 24 heavy (non-hydrogen) atoms. The molecule has 1 saturated heterocycles. The fourth-order valence-corrected chi connectivity index (χ4v) is 2.65. The van der Waals surface area contributed by atoms with Gasteiger partial charge < -0.3 is 4.90 Å². The van der Waals surface area contributed by atoms with Crippen molar-refractivity contribution in [1.82, 2.24) is 9.97 Å². The van der Waals surface area contributed by atoms with Gasteiger partial charge in [0.25, 0.3) is 0 Å². The van der Waals surface area contributed by atoms with Gasteiger partial charge in [0.15, 0.2) is 0 Å². The van der Waals surface area contributed by atoms with Crippen molar-refractivity contribution in [2.45, 2.75) is 19.8 Å². The average Bonchev–Trinajstić information content (AvgIpc) is 2.62. The van der Waals surface area contributed by atoms with E-state index in [2.05, 4.69) is 32.8 Å². The molecule has 0 aromatic carbocycles. The van der Waals surface area contributed by atoms with Crippen molar-refractivity contribution in [2.24, 2.45) is 0 Å². The first-order valence-corrected chi connectivity index (χ1v) is 8.00. The molecule has 0 aliphatic carbocycles. The quantitative estimate of drug-likeness (QED) is 0.758. The number of nitrogens with zero attached hydrogens (tertiary/aromatic N) is 4. The summed E-state index contributed by atoms with van der Waals surface area (Å²) in [5, 5.41) is 8.95. The lowest BCUT2D eigenvalue weighted by atomic mass is 10.0. The van der Waals surface area contributed by atoms with Gasteiger partial charge in [-0.15, -0.1) is 0 Å². The highest BCUT2D eigenvalue weighted by Gasteiger charge is 2.15. The largest absolute Gasteiger partial charge is 0.356 e. The molecule has 0 amide bonds. The zero-order valence-electron chi connectivity index (χ0n) is 13.7. The summed E-state index contributed by atoms with van der Waals surface area (Å²) in [5.41, 5.74) is 3.60. The van der Waals surface area contributed by atoms with Gasteiger partial charge >= 0.3 is 0 Å². The van der Waals surface area contributed by atoms with Crippen molar-refractivity contribution in [2.75, 3.05) is 18.0 Å². The normalized spacial score (nSPS) is 13.7. The molecule has 0 radical (unpaired) electrons. The van der Waals surface area contributed by atoms with Crippen LogP contribution in [0.3, 0.4) is 0 Å². The monoisotopic (exact) mass is 314 g/mol. The van der Waals surface area contributed by atoms with Gasteiger partial charge in [0.2, 0.25) is 0 Å². The molecule has 4 nitrogen and oxygen atoms in total. The maximum absolute atomic E-state index is 8.95. The Hall–Kier alpha value is -3.11. The van der Waals surface area contributed by atoms with Gasteiger partial charge in [-0.2, -0.15) is 5.26 Å². The highest BCUT2D eigenvalue weighted by Crippen LogP contribution is 2.21. The number of piperidine rings is 1. The second-order valence-corrected chi connectivity index (χ2v) is 5.72. The maximum Gasteiger partial charge on any atom is 0.142 e. The summed E-state index contributed by atoms with van der Waals surface area (Å²) in [6.45, 7) is 3.77. The Balaban J connectivity index is 1.62. The lowest BCUT2D eigenvalue weighted by Gasteiger charge is -2.29. The van der Waals surface area contributed by atoms with Gasteiger partial charge in [0, 0.05) is 18.8 Å². The zero-order valence-corrected chi connectivity index (χ0v) is 13.7. The van der Waals surface area contributed by atoms with Crippen molar-refractivity contribution in [1.29, 1.82) is 5.26 Å². The van der Waals surface area contributed by atoms with Crippen molar-refractivity contribution in [3.8, 4) is 17.9 Å². The van der Waals surface area contributed by atoms with E-state index in [-0.39, 0.29) is 0 Å². The summed E-state index contributed by atoms with van der Waals surface area (Å²) in [6.07, 6.45) is 3.95. The van der Waals surface area contributed by atoms with Crippen LogP contribution in [-0.2, 0) is 0 Å². The molecule has 0 spiro atoms. The van der Waals surface area contributed by atoms with Gasteiger partial charge in [-0.3, -0.25) is 0 Å². The van der Waals surface area contributed by atoms with Crippen LogP contribution in [0.15, 0.2) is 48.0 Å². The van der Waals surface area contributed by atoms with Crippen LogP contribution in [0.25, 0.3) is 0 Å². The minimum atomic E-state index is 0.463. The van der Waals surface area contributed by atoms with E-state index < -0.39 is 0 Å². The summed E-state index contributed by atoms with van der Waals surface area (Å²) in [5.74, 6) is 7.09.